The second kappa shape index (κ2) is 10.2. The molecule has 0 unspecified atom stereocenters. The number of nitrogens with zero attached hydrogens (tertiary/aromatic N) is 3. The Kier molecular flexibility index (Phi) is 7.09. The number of aromatic nitrogens is 3. The van der Waals surface area contributed by atoms with Gasteiger partial charge in [-0.3, -0.25) is 9.36 Å². The Balaban J connectivity index is 1.55. The van der Waals surface area contributed by atoms with E-state index >= 15 is 0 Å². The van der Waals surface area contributed by atoms with E-state index < -0.39 is 5.82 Å². The predicted octanol–water partition coefficient (Wildman–Crippen LogP) is 5.92. The summed E-state index contributed by atoms with van der Waals surface area (Å²) < 4.78 is 20.8. The van der Waals surface area contributed by atoms with Crippen LogP contribution in [0.5, 0.6) is 5.75 Å². The first-order valence-electron chi connectivity index (χ1n) is 9.65. The highest BCUT2D eigenvalue weighted by atomic mass is 35.5. The Hall–Kier alpha value is -2.88. The highest BCUT2D eigenvalue weighted by Crippen LogP contribution is 2.31. The summed E-state index contributed by atoms with van der Waals surface area (Å²) in [6.45, 7) is 2.52. The maximum absolute atomic E-state index is 13.3. The van der Waals surface area contributed by atoms with Crippen LogP contribution in [0.1, 0.15) is 6.92 Å². The average Bonchev–Trinajstić information content (AvgIpc) is 3.45. The van der Waals surface area contributed by atoms with Crippen LogP contribution in [0.25, 0.3) is 16.4 Å². The Morgan fingerprint density at radius 3 is 2.72 bits per heavy atom. The molecule has 32 heavy (non-hydrogen) atoms. The van der Waals surface area contributed by atoms with Crippen LogP contribution in [-0.2, 0) is 4.79 Å². The van der Waals surface area contributed by atoms with Crippen LogP contribution in [0.4, 0.5) is 10.1 Å². The molecule has 2 heterocycles. The van der Waals surface area contributed by atoms with E-state index in [-0.39, 0.29) is 16.7 Å². The lowest BCUT2D eigenvalue weighted by atomic mass is 10.3. The molecule has 164 valence electrons. The molecule has 0 saturated carbocycles. The SMILES string of the molecule is CCOc1ccc(-n2c(SCC(=O)Nc3ccc(F)c(Cl)c3)nnc2-c2cccs2)cc1. The first-order valence-corrected chi connectivity index (χ1v) is 11.9. The van der Waals surface area contributed by atoms with E-state index in [1.165, 1.54) is 30.0 Å². The van der Waals surface area contributed by atoms with Crippen molar-refractivity contribution in [2.75, 3.05) is 17.7 Å². The van der Waals surface area contributed by atoms with Crippen molar-refractivity contribution < 1.29 is 13.9 Å². The number of carbonyl (C=O) groups is 1. The van der Waals surface area contributed by atoms with Gasteiger partial charge in [-0.2, -0.15) is 0 Å². The molecule has 0 bridgehead atoms. The van der Waals surface area contributed by atoms with Crippen LogP contribution in [0.3, 0.4) is 0 Å². The molecule has 10 heteroatoms. The fraction of sp³-hybridized carbons (Fsp3) is 0.136. The first kappa shape index (κ1) is 22.3. The number of ether oxygens (including phenoxy) is 1. The third kappa shape index (κ3) is 5.12. The van der Waals surface area contributed by atoms with Crippen molar-refractivity contribution in [1.82, 2.24) is 14.8 Å². The minimum atomic E-state index is -0.538. The molecule has 4 rings (SSSR count). The molecule has 1 N–H and O–H groups in total. The number of thioether (sulfide) groups is 1. The number of benzene rings is 2. The second-order valence-electron chi connectivity index (χ2n) is 6.51. The highest BCUT2D eigenvalue weighted by molar-refractivity contribution is 7.99. The normalized spacial score (nSPS) is 10.8. The molecule has 2 aromatic heterocycles. The van der Waals surface area contributed by atoms with Gasteiger partial charge in [-0.25, -0.2) is 4.39 Å². The Morgan fingerprint density at radius 2 is 2.03 bits per heavy atom. The number of rotatable bonds is 8. The summed E-state index contributed by atoms with van der Waals surface area (Å²) in [4.78, 5) is 13.4. The molecule has 4 aromatic rings. The minimum absolute atomic E-state index is 0.0497. The van der Waals surface area contributed by atoms with E-state index in [2.05, 4.69) is 15.5 Å². The van der Waals surface area contributed by atoms with Gasteiger partial charge in [-0.1, -0.05) is 29.4 Å². The summed E-state index contributed by atoms with van der Waals surface area (Å²) in [5, 5.41) is 13.9. The molecule has 0 aliphatic carbocycles. The van der Waals surface area contributed by atoms with Crippen molar-refractivity contribution in [3.63, 3.8) is 0 Å². The van der Waals surface area contributed by atoms with Crippen molar-refractivity contribution in [3.8, 4) is 22.1 Å². The third-order valence-electron chi connectivity index (χ3n) is 4.32. The van der Waals surface area contributed by atoms with E-state index in [0.29, 0.717) is 23.3 Å². The lowest BCUT2D eigenvalue weighted by molar-refractivity contribution is -0.113. The summed E-state index contributed by atoms with van der Waals surface area (Å²) in [7, 11) is 0. The molecule has 0 fully saturated rings. The van der Waals surface area contributed by atoms with E-state index in [1.807, 2.05) is 53.3 Å². The minimum Gasteiger partial charge on any atom is -0.494 e. The Labute approximate surface area is 197 Å². The van der Waals surface area contributed by atoms with Crippen LogP contribution < -0.4 is 10.1 Å². The summed E-state index contributed by atoms with van der Waals surface area (Å²) in [6.07, 6.45) is 0. The zero-order valence-electron chi connectivity index (χ0n) is 16.9. The standard InChI is InChI=1S/C22H18ClFN4O2S2/c1-2-30-16-8-6-15(7-9-16)28-21(19-4-3-11-31-19)26-27-22(28)32-13-20(29)25-14-5-10-18(24)17(23)12-14/h3-12H,2,13H2,1H3,(H,25,29). The molecule has 0 saturated heterocycles. The van der Waals surface area contributed by atoms with Gasteiger partial charge >= 0.3 is 0 Å². The zero-order valence-corrected chi connectivity index (χ0v) is 19.3. The molecule has 1 amide bonds. The van der Waals surface area contributed by atoms with Crippen LogP contribution >= 0.6 is 34.7 Å². The summed E-state index contributed by atoms with van der Waals surface area (Å²) in [5.74, 6) is 0.750. The Bertz CT molecular complexity index is 1210. The second-order valence-corrected chi connectivity index (χ2v) is 8.81. The highest BCUT2D eigenvalue weighted by Gasteiger charge is 2.18. The van der Waals surface area contributed by atoms with Crippen LogP contribution in [0, 0.1) is 5.82 Å². The monoisotopic (exact) mass is 488 g/mol. The van der Waals surface area contributed by atoms with Gasteiger partial charge in [0.2, 0.25) is 5.91 Å². The number of hydrogen-bond donors (Lipinski definition) is 1. The topological polar surface area (TPSA) is 69.0 Å². The molecule has 2 aromatic carbocycles. The van der Waals surface area contributed by atoms with Crippen molar-refractivity contribution in [2.24, 2.45) is 0 Å². The number of anilines is 1. The number of thiophene rings is 1. The fourth-order valence-electron chi connectivity index (χ4n) is 2.92. The molecule has 0 radical (unpaired) electrons. The maximum atomic E-state index is 13.3. The number of hydrogen-bond acceptors (Lipinski definition) is 6. The van der Waals surface area contributed by atoms with Gasteiger partial charge in [-0.15, -0.1) is 21.5 Å². The van der Waals surface area contributed by atoms with E-state index in [1.54, 1.807) is 11.3 Å². The van der Waals surface area contributed by atoms with Crippen LogP contribution in [0.2, 0.25) is 5.02 Å². The molecular formula is C22H18ClFN4O2S2. The number of halogens is 2. The average molecular weight is 489 g/mol. The quantitative estimate of drug-likeness (QED) is 0.312. The predicted molar refractivity (Wildman–Crippen MR) is 127 cm³/mol. The molecular weight excluding hydrogens is 471 g/mol. The smallest absolute Gasteiger partial charge is 0.234 e. The van der Waals surface area contributed by atoms with Gasteiger partial charge in [0.25, 0.3) is 0 Å². The molecule has 0 spiro atoms. The van der Waals surface area contributed by atoms with Crippen molar-refractivity contribution >= 4 is 46.3 Å². The van der Waals surface area contributed by atoms with E-state index in [0.717, 1.165) is 16.3 Å². The van der Waals surface area contributed by atoms with Gasteiger partial charge in [0, 0.05) is 5.69 Å². The zero-order chi connectivity index (χ0) is 22.5. The number of carbonyl (C=O) groups excluding carboxylic acids is 1. The molecule has 0 aliphatic heterocycles. The first-order chi connectivity index (χ1) is 15.5. The van der Waals surface area contributed by atoms with Gasteiger partial charge in [0.05, 0.1) is 27.9 Å². The van der Waals surface area contributed by atoms with Gasteiger partial charge in [0.15, 0.2) is 11.0 Å². The van der Waals surface area contributed by atoms with Crippen LogP contribution in [0.15, 0.2) is 65.1 Å². The van der Waals surface area contributed by atoms with Crippen LogP contribution in [-0.4, -0.2) is 33.0 Å². The Morgan fingerprint density at radius 1 is 1.22 bits per heavy atom. The molecule has 0 aliphatic rings. The molecule has 0 atom stereocenters. The van der Waals surface area contributed by atoms with Crippen molar-refractivity contribution in [3.05, 3.63) is 70.8 Å². The van der Waals surface area contributed by atoms with E-state index in [9.17, 15) is 9.18 Å². The van der Waals surface area contributed by atoms with Gasteiger partial charge < -0.3 is 10.1 Å². The fourth-order valence-corrected chi connectivity index (χ4v) is 4.55. The summed E-state index contributed by atoms with van der Waals surface area (Å²) in [5.41, 5.74) is 1.28. The molecule has 6 nitrogen and oxygen atoms in total. The number of nitrogens with one attached hydrogen (secondary N) is 1. The lowest BCUT2D eigenvalue weighted by Crippen LogP contribution is -2.14. The summed E-state index contributed by atoms with van der Waals surface area (Å²) >= 11 is 8.59. The number of amides is 1. The van der Waals surface area contributed by atoms with Gasteiger partial charge in [0.1, 0.15) is 11.6 Å². The van der Waals surface area contributed by atoms with Crippen molar-refractivity contribution in [2.45, 2.75) is 12.1 Å². The lowest BCUT2D eigenvalue weighted by Gasteiger charge is -2.11. The summed E-state index contributed by atoms with van der Waals surface area (Å²) in [6, 6.07) is 15.6. The maximum Gasteiger partial charge on any atom is 0.234 e. The van der Waals surface area contributed by atoms with Gasteiger partial charge in [-0.05, 0) is 60.8 Å². The largest absolute Gasteiger partial charge is 0.494 e. The van der Waals surface area contributed by atoms with Crippen molar-refractivity contribution in [1.29, 1.82) is 0 Å². The van der Waals surface area contributed by atoms with E-state index in [4.69, 9.17) is 16.3 Å². The third-order valence-corrected chi connectivity index (χ3v) is 6.40.